The van der Waals surface area contributed by atoms with Gasteiger partial charge in [0.2, 0.25) is 11.7 Å². The maximum Gasteiger partial charge on any atom is 0.227 e. The summed E-state index contributed by atoms with van der Waals surface area (Å²) >= 11 is 0. The minimum atomic E-state index is 0.129. The molecular formula is C15H21N5O. The fourth-order valence-electron chi connectivity index (χ4n) is 3.09. The topological polar surface area (TPSA) is 90.7 Å². The van der Waals surface area contributed by atoms with E-state index in [1.165, 1.54) is 19.3 Å². The van der Waals surface area contributed by atoms with Gasteiger partial charge in [-0.1, -0.05) is 24.4 Å². The predicted molar refractivity (Wildman–Crippen MR) is 78.3 cm³/mol. The zero-order chi connectivity index (χ0) is 14.7. The molecule has 2 N–H and O–H groups in total. The lowest BCUT2D eigenvalue weighted by Gasteiger charge is -2.34. The molecule has 1 fully saturated rings. The minimum Gasteiger partial charge on any atom is -0.339 e. The number of rotatable bonds is 4. The molecule has 1 aliphatic carbocycles. The molecule has 0 aliphatic heterocycles. The van der Waals surface area contributed by atoms with E-state index in [1.54, 1.807) is 12.3 Å². The van der Waals surface area contributed by atoms with Gasteiger partial charge in [-0.15, -0.1) is 0 Å². The molecule has 1 saturated carbocycles. The zero-order valence-corrected chi connectivity index (χ0v) is 12.4. The van der Waals surface area contributed by atoms with Crippen LogP contribution in [0, 0.1) is 12.3 Å². The lowest BCUT2D eigenvalue weighted by Crippen LogP contribution is -2.35. The number of aromatic nitrogens is 4. The fourth-order valence-corrected chi connectivity index (χ4v) is 3.09. The summed E-state index contributed by atoms with van der Waals surface area (Å²) in [7, 11) is 0. The van der Waals surface area contributed by atoms with Crippen LogP contribution in [0.3, 0.4) is 0 Å². The third-order valence-corrected chi connectivity index (χ3v) is 4.35. The van der Waals surface area contributed by atoms with Crippen LogP contribution in [0.4, 0.5) is 0 Å². The van der Waals surface area contributed by atoms with Crippen molar-refractivity contribution >= 4 is 0 Å². The number of nitrogens with two attached hydrogens (primary N) is 1. The Bertz CT molecular complexity index is 604. The number of nitrogens with zero attached hydrogens (tertiary/aromatic N) is 4. The van der Waals surface area contributed by atoms with E-state index in [2.05, 4.69) is 20.1 Å². The first-order chi connectivity index (χ1) is 10.2. The van der Waals surface area contributed by atoms with Gasteiger partial charge >= 0.3 is 0 Å². The monoisotopic (exact) mass is 287 g/mol. The molecule has 112 valence electrons. The highest BCUT2D eigenvalue weighted by Gasteiger charge is 2.33. The summed E-state index contributed by atoms with van der Waals surface area (Å²) < 4.78 is 5.41. The standard InChI is InChI=1S/C15H21N5O/c1-11-17-8-5-12(18-11)14-19-13(21-20-14)9-15(10-16)6-3-2-4-7-15/h5,8H,2-4,6-7,9-10,16H2,1H3. The molecule has 0 unspecified atom stereocenters. The highest BCUT2D eigenvalue weighted by Crippen LogP contribution is 2.38. The maximum atomic E-state index is 6.01. The molecule has 0 atom stereocenters. The lowest BCUT2D eigenvalue weighted by atomic mass is 9.72. The summed E-state index contributed by atoms with van der Waals surface area (Å²) in [6.45, 7) is 2.52. The van der Waals surface area contributed by atoms with Gasteiger partial charge in [-0.2, -0.15) is 4.98 Å². The van der Waals surface area contributed by atoms with E-state index in [-0.39, 0.29) is 5.41 Å². The van der Waals surface area contributed by atoms with Crippen molar-refractivity contribution in [3.63, 3.8) is 0 Å². The molecular weight excluding hydrogens is 266 g/mol. The van der Waals surface area contributed by atoms with Gasteiger partial charge in [0.25, 0.3) is 0 Å². The summed E-state index contributed by atoms with van der Waals surface area (Å²) in [4.78, 5) is 12.9. The molecule has 2 aromatic heterocycles. The average molecular weight is 287 g/mol. The first-order valence-electron chi connectivity index (χ1n) is 7.53. The summed E-state index contributed by atoms with van der Waals surface area (Å²) in [5.74, 6) is 1.89. The van der Waals surface area contributed by atoms with Crippen molar-refractivity contribution in [1.29, 1.82) is 0 Å². The predicted octanol–water partition coefficient (Wildman–Crippen LogP) is 2.29. The highest BCUT2D eigenvalue weighted by atomic mass is 16.5. The van der Waals surface area contributed by atoms with Gasteiger partial charge in [0.05, 0.1) is 0 Å². The SMILES string of the molecule is Cc1nccc(-c2noc(CC3(CN)CCCCC3)n2)n1. The molecule has 21 heavy (non-hydrogen) atoms. The molecule has 6 heteroatoms. The molecule has 0 aromatic carbocycles. The first-order valence-corrected chi connectivity index (χ1v) is 7.53. The van der Waals surface area contributed by atoms with E-state index >= 15 is 0 Å². The first kappa shape index (κ1) is 14.1. The Hall–Kier alpha value is -1.82. The quantitative estimate of drug-likeness (QED) is 0.927. The minimum absolute atomic E-state index is 0.129. The van der Waals surface area contributed by atoms with E-state index in [9.17, 15) is 0 Å². The van der Waals surface area contributed by atoms with E-state index in [0.717, 1.165) is 19.3 Å². The third kappa shape index (κ3) is 3.10. The van der Waals surface area contributed by atoms with Crippen molar-refractivity contribution < 1.29 is 4.52 Å². The molecule has 0 radical (unpaired) electrons. The fraction of sp³-hybridized carbons (Fsp3) is 0.600. The van der Waals surface area contributed by atoms with Crippen LogP contribution in [0.25, 0.3) is 11.5 Å². The highest BCUT2D eigenvalue weighted by molar-refractivity contribution is 5.46. The second-order valence-corrected chi connectivity index (χ2v) is 5.94. The van der Waals surface area contributed by atoms with Crippen LogP contribution < -0.4 is 5.73 Å². The molecule has 2 aromatic rings. The van der Waals surface area contributed by atoms with Gasteiger partial charge in [0.1, 0.15) is 11.5 Å². The third-order valence-electron chi connectivity index (χ3n) is 4.35. The van der Waals surface area contributed by atoms with Gasteiger partial charge < -0.3 is 10.3 Å². The van der Waals surface area contributed by atoms with Crippen LogP contribution in [-0.2, 0) is 6.42 Å². The van der Waals surface area contributed by atoms with Gasteiger partial charge in [-0.05, 0) is 37.8 Å². The van der Waals surface area contributed by atoms with E-state index < -0.39 is 0 Å². The van der Waals surface area contributed by atoms with Gasteiger partial charge in [0.15, 0.2) is 0 Å². The van der Waals surface area contributed by atoms with Gasteiger partial charge in [-0.25, -0.2) is 9.97 Å². The molecule has 0 spiro atoms. The van der Waals surface area contributed by atoms with Gasteiger partial charge in [-0.3, -0.25) is 0 Å². The van der Waals surface area contributed by atoms with Crippen molar-refractivity contribution in [2.24, 2.45) is 11.1 Å². The van der Waals surface area contributed by atoms with Crippen LogP contribution >= 0.6 is 0 Å². The van der Waals surface area contributed by atoms with Crippen molar-refractivity contribution in [3.8, 4) is 11.5 Å². The summed E-state index contributed by atoms with van der Waals surface area (Å²) in [5, 5.41) is 4.04. The molecule has 3 rings (SSSR count). The van der Waals surface area contributed by atoms with Crippen LogP contribution in [0.2, 0.25) is 0 Å². The normalized spacial score (nSPS) is 17.8. The van der Waals surface area contributed by atoms with Gasteiger partial charge in [0, 0.05) is 12.6 Å². The molecule has 0 saturated heterocycles. The average Bonchev–Trinajstić information content (AvgIpc) is 2.96. The van der Waals surface area contributed by atoms with E-state index in [4.69, 9.17) is 10.3 Å². The van der Waals surface area contributed by atoms with E-state index in [1.807, 2.05) is 6.92 Å². The van der Waals surface area contributed by atoms with Crippen LogP contribution in [0.1, 0.15) is 43.8 Å². The Morgan fingerprint density at radius 3 is 2.76 bits per heavy atom. The van der Waals surface area contributed by atoms with Crippen LogP contribution in [0.5, 0.6) is 0 Å². The Morgan fingerprint density at radius 2 is 2.05 bits per heavy atom. The molecule has 1 aliphatic rings. The summed E-state index contributed by atoms with van der Waals surface area (Å²) in [6.07, 6.45) is 8.54. The second kappa shape index (κ2) is 5.89. The Balaban J connectivity index is 1.78. The number of hydrogen-bond acceptors (Lipinski definition) is 6. The Kier molecular flexibility index (Phi) is 3.96. The second-order valence-electron chi connectivity index (χ2n) is 5.94. The summed E-state index contributed by atoms with van der Waals surface area (Å²) in [6, 6.07) is 1.79. The summed E-state index contributed by atoms with van der Waals surface area (Å²) in [5.41, 5.74) is 6.84. The molecule has 6 nitrogen and oxygen atoms in total. The number of aryl methyl sites for hydroxylation is 1. The number of hydrogen-bond donors (Lipinski definition) is 1. The Morgan fingerprint density at radius 1 is 1.24 bits per heavy atom. The van der Waals surface area contributed by atoms with Crippen molar-refractivity contribution in [1.82, 2.24) is 20.1 Å². The van der Waals surface area contributed by atoms with Crippen molar-refractivity contribution in [2.75, 3.05) is 6.54 Å². The smallest absolute Gasteiger partial charge is 0.227 e. The van der Waals surface area contributed by atoms with E-state index in [0.29, 0.717) is 29.8 Å². The van der Waals surface area contributed by atoms with Crippen molar-refractivity contribution in [3.05, 3.63) is 24.0 Å². The van der Waals surface area contributed by atoms with Crippen molar-refractivity contribution in [2.45, 2.75) is 45.4 Å². The molecule has 2 heterocycles. The zero-order valence-electron chi connectivity index (χ0n) is 12.4. The lowest BCUT2D eigenvalue weighted by molar-refractivity contribution is 0.177. The Labute approximate surface area is 124 Å². The van der Waals surface area contributed by atoms with Crippen LogP contribution in [0.15, 0.2) is 16.8 Å². The largest absolute Gasteiger partial charge is 0.339 e. The molecule has 0 amide bonds. The maximum absolute atomic E-state index is 6.01. The van der Waals surface area contributed by atoms with Crippen LogP contribution in [-0.4, -0.2) is 26.7 Å². The molecule has 0 bridgehead atoms.